The van der Waals surface area contributed by atoms with Crippen LogP contribution in [0.25, 0.3) is 5.82 Å². The third-order valence-electron chi connectivity index (χ3n) is 5.58. The number of amides is 1. The molecule has 2 aliphatic rings. The minimum Gasteiger partial charge on any atom is -0.340 e. The number of hydrogen-bond donors (Lipinski definition) is 2. The van der Waals surface area contributed by atoms with Crippen molar-refractivity contribution in [3.8, 4) is 0 Å². The maximum atomic E-state index is 12.7. The summed E-state index contributed by atoms with van der Waals surface area (Å²) in [5.41, 5.74) is 5.17. The molecule has 1 amide bonds. The molecule has 0 saturated heterocycles. The molecule has 0 bridgehead atoms. The fraction of sp³-hybridized carbons (Fsp3) is 0.200. The zero-order valence-electron chi connectivity index (χ0n) is 18.8. The Kier molecular flexibility index (Phi) is 5.26. The van der Waals surface area contributed by atoms with Crippen LogP contribution < -0.4 is 10.6 Å². The van der Waals surface area contributed by atoms with Crippen LogP contribution in [0.2, 0.25) is 0 Å². The first-order valence-corrected chi connectivity index (χ1v) is 10.9. The Labute approximate surface area is 192 Å². The number of aliphatic imine (C=N–C) groups is 2. The molecule has 0 spiro atoms. The molecule has 3 aromatic rings. The van der Waals surface area contributed by atoms with E-state index in [4.69, 9.17) is 0 Å². The van der Waals surface area contributed by atoms with Gasteiger partial charge in [0, 0.05) is 35.6 Å². The highest BCUT2D eigenvalue weighted by Gasteiger charge is 2.20. The van der Waals surface area contributed by atoms with E-state index in [2.05, 4.69) is 25.7 Å². The number of anilines is 3. The van der Waals surface area contributed by atoms with Crippen molar-refractivity contribution in [2.75, 3.05) is 23.7 Å². The first-order chi connectivity index (χ1) is 16.0. The number of fused-ring (bicyclic) bond motifs is 1. The second-order valence-electron chi connectivity index (χ2n) is 8.24. The zero-order chi connectivity index (χ0) is 22.9. The number of nitrogens with one attached hydrogen (secondary N) is 2. The monoisotopic (exact) mass is 439 g/mol. The van der Waals surface area contributed by atoms with Gasteiger partial charge in [0.05, 0.1) is 18.6 Å². The molecule has 8 heteroatoms. The van der Waals surface area contributed by atoms with E-state index in [1.807, 2.05) is 80.3 Å². The van der Waals surface area contributed by atoms with Crippen molar-refractivity contribution in [1.29, 1.82) is 0 Å². The van der Waals surface area contributed by atoms with E-state index in [0.29, 0.717) is 17.1 Å². The lowest BCUT2D eigenvalue weighted by Crippen LogP contribution is -2.28. The molecule has 0 saturated carbocycles. The van der Waals surface area contributed by atoms with E-state index in [1.54, 1.807) is 11.0 Å². The highest BCUT2D eigenvalue weighted by molar-refractivity contribution is 6.07. The highest BCUT2D eigenvalue weighted by Crippen LogP contribution is 2.28. The van der Waals surface area contributed by atoms with Crippen molar-refractivity contribution in [3.63, 3.8) is 0 Å². The number of carbonyl (C=O) groups excluding carboxylic acids is 1. The third kappa shape index (κ3) is 4.27. The average molecular weight is 440 g/mol. The molecule has 2 aliphatic heterocycles. The standard InChI is InChI=1S/C25H25N7O/c1-16-5-4-6-19(11-16)25(33)28-20-8-7-17(2)21(13-20)29-24-12-18(3)30-32(24)23-14-22-26-9-10-31(22)15-27-23/h4-8,11-15,29H,9-10H2,1-3H3,(H,28,33). The number of aromatic nitrogens is 2. The first-order valence-electron chi connectivity index (χ1n) is 10.9. The number of aryl methyl sites for hydroxylation is 3. The van der Waals surface area contributed by atoms with E-state index in [0.717, 1.165) is 47.3 Å². The van der Waals surface area contributed by atoms with Gasteiger partial charge in [-0.1, -0.05) is 23.8 Å². The fourth-order valence-electron chi connectivity index (χ4n) is 3.85. The smallest absolute Gasteiger partial charge is 0.255 e. The van der Waals surface area contributed by atoms with Gasteiger partial charge in [-0.05, 0) is 50.6 Å². The largest absolute Gasteiger partial charge is 0.340 e. The van der Waals surface area contributed by atoms with Gasteiger partial charge in [0.15, 0.2) is 5.82 Å². The van der Waals surface area contributed by atoms with Crippen LogP contribution in [-0.2, 0) is 0 Å². The molecule has 33 heavy (non-hydrogen) atoms. The summed E-state index contributed by atoms with van der Waals surface area (Å²) in [6, 6.07) is 15.3. The molecule has 0 aliphatic carbocycles. The summed E-state index contributed by atoms with van der Waals surface area (Å²) in [7, 11) is 0. The quantitative estimate of drug-likeness (QED) is 0.618. The minimum atomic E-state index is -0.141. The molecule has 0 unspecified atom stereocenters. The van der Waals surface area contributed by atoms with Crippen LogP contribution in [0.3, 0.4) is 0 Å². The van der Waals surface area contributed by atoms with Crippen LogP contribution in [0.4, 0.5) is 17.2 Å². The molecule has 5 rings (SSSR count). The lowest BCUT2D eigenvalue weighted by Gasteiger charge is -2.19. The molecule has 0 atom stereocenters. The summed E-state index contributed by atoms with van der Waals surface area (Å²) in [6.45, 7) is 7.56. The number of benzene rings is 2. The van der Waals surface area contributed by atoms with Crippen molar-refractivity contribution >= 4 is 41.1 Å². The van der Waals surface area contributed by atoms with Crippen molar-refractivity contribution in [3.05, 3.63) is 77.0 Å². The molecular weight excluding hydrogens is 414 g/mol. The second kappa shape index (κ2) is 8.38. The van der Waals surface area contributed by atoms with E-state index in [-0.39, 0.29) is 5.91 Å². The summed E-state index contributed by atoms with van der Waals surface area (Å²) in [5, 5.41) is 11.1. The van der Waals surface area contributed by atoms with Gasteiger partial charge in [-0.25, -0.2) is 4.99 Å². The van der Waals surface area contributed by atoms with E-state index in [9.17, 15) is 4.79 Å². The maximum Gasteiger partial charge on any atom is 0.255 e. The van der Waals surface area contributed by atoms with Gasteiger partial charge in [-0.2, -0.15) is 9.78 Å². The molecular formula is C25H25N7O. The molecule has 2 N–H and O–H groups in total. The zero-order valence-corrected chi connectivity index (χ0v) is 18.8. The number of rotatable bonds is 5. The Hall–Kier alpha value is -4.20. The van der Waals surface area contributed by atoms with Gasteiger partial charge in [0.25, 0.3) is 5.91 Å². The molecule has 0 fully saturated rings. The maximum absolute atomic E-state index is 12.7. The van der Waals surface area contributed by atoms with Crippen LogP contribution in [0, 0.1) is 20.8 Å². The van der Waals surface area contributed by atoms with E-state index in [1.165, 1.54) is 0 Å². The Bertz CT molecular complexity index is 1330. The number of nitrogens with zero attached hydrogens (tertiary/aromatic N) is 5. The van der Waals surface area contributed by atoms with Crippen LogP contribution >= 0.6 is 0 Å². The predicted molar refractivity (Wildman–Crippen MR) is 132 cm³/mol. The summed E-state index contributed by atoms with van der Waals surface area (Å²) in [5.74, 6) is 2.24. The molecule has 0 radical (unpaired) electrons. The molecule has 166 valence electrons. The Morgan fingerprint density at radius 2 is 1.94 bits per heavy atom. The van der Waals surface area contributed by atoms with Crippen molar-refractivity contribution in [2.24, 2.45) is 9.98 Å². The first kappa shape index (κ1) is 20.7. The molecule has 3 heterocycles. The lowest BCUT2D eigenvalue weighted by molar-refractivity contribution is 0.102. The fourth-order valence-corrected chi connectivity index (χ4v) is 3.85. The van der Waals surface area contributed by atoms with Crippen LogP contribution in [-0.4, -0.2) is 45.9 Å². The van der Waals surface area contributed by atoms with E-state index < -0.39 is 0 Å². The van der Waals surface area contributed by atoms with Gasteiger partial charge >= 0.3 is 0 Å². The number of carbonyl (C=O) groups is 1. The van der Waals surface area contributed by atoms with Crippen molar-refractivity contribution in [1.82, 2.24) is 14.7 Å². The van der Waals surface area contributed by atoms with Gasteiger partial charge in [0.2, 0.25) is 0 Å². The topological polar surface area (TPSA) is 86.9 Å². The summed E-state index contributed by atoms with van der Waals surface area (Å²) >= 11 is 0. The van der Waals surface area contributed by atoms with Crippen LogP contribution in [0.1, 0.15) is 27.2 Å². The molecule has 2 aromatic carbocycles. The lowest BCUT2D eigenvalue weighted by atomic mass is 10.1. The molecule has 8 nitrogen and oxygen atoms in total. The van der Waals surface area contributed by atoms with Crippen LogP contribution in [0.15, 0.2) is 64.6 Å². The number of hydrogen-bond acceptors (Lipinski definition) is 6. The Morgan fingerprint density at radius 3 is 2.79 bits per heavy atom. The second-order valence-corrected chi connectivity index (χ2v) is 8.24. The van der Waals surface area contributed by atoms with E-state index >= 15 is 0 Å². The Morgan fingerprint density at radius 1 is 1.06 bits per heavy atom. The van der Waals surface area contributed by atoms with Gasteiger partial charge < -0.3 is 15.5 Å². The van der Waals surface area contributed by atoms with Gasteiger partial charge in [0.1, 0.15) is 11.7 Å². The van der Waals surface area contributed by atoms with Gasteiger partial charge in [-0.3, -0.25) is 9.79 Å². The summed E-state index contributed by atoms with van der Waals surface area (Å²) in [4.78, 5) is 23.8. The van der Waals surface area contributed by atoms with Gasteiger partial charge in [-0.15, -0.1) is 0 Å². The van der Waals surface area contributed by atoms with Crippen molar-refractivity contribution < 1.29 is 4.79 Å². The predicted octanol–water partition coefficient (Wildman–Crippen LogP) is 4.36. The third-order valence-corrected chi connectivity index (χ3v) is 5.58. The Balaban J connectivity index is 1.40. The van der Waals surface area contributed by atoms with Crippen LogP contribution in [0.5, 0.6) is 0 Å². The van der Waals surface area contributed by atoms with Crippen molar-refractivity contribution in [2.45, 2.75) is 20.8 Å². The molecule has 1 aromatic heterocycles. The minimum absolute atomic E-state index is 0.141. The number of amidine groups is 1. The highest BCUT2D eigenvalue weighted by atomic mass is 16.1. The normalized spacial score (nSPS) is 14.6. The summed E-state index contributed by atoms with van der Waals surface area (Å²) < 4.78 is 1.78. The average Bonchev–Trinajstić information content (AvgIpc) is 3.41. The SMILES string of the molecule is Cc1cccc(C(=O)Nc2ccc(C)c(Nc3cc(C)nn3C3=CC4=NCCN4C=N3)c2)c1. The summed E-state index contributed by atoms with van der Waals surface area (Å²) in [6.07, 6.45) is 3.74.